The number of aromatic nitrogens is 3. The van der Waals surface area contributed by atoms with Crippen LogP contribution in [0.1, 0.15) is 42.0 Å². The molecular formula is C22H24N4O2. The first kappa shape index (κ1) is 18.2. The number of rotatable bonds is 7. The Bertz CT molecular complexity index is 978. The van der Waals surface area contributed by atoms with E-state index in [1.807, 2.05) is 60.1 Å². The van der Waals surface area contributed by atoms with Crippen molar-refractivity contribution in [1.82, 2.24) is 20.1 Å². The molecule has 28 heavy (non-hydrogen) atoms. The van der Waals surface area contributed by atoms with Gasteiger partial charge in [-0.3, -0.25) is 4.79 Å². The van der Waals surface area contributed by atoms with Crippen molar-refractivity contribution in [3.8, 4) is 16.9 Å². The average molecular weight is 376 g/mol. The van der Waals surface area contributed by atoms with E-state index in [4.69, 9.17) is 4.74 Å². The number of ether oxygens (including phenoxy) is 1. The quantitative estimate of drug-likeness (QED) is 0.680. The maximum Gasteiger partial charge on any atom is 0.251 e. The van der Waals surface area contributed by atoms with Gasteiger partial charge >= 0.3 is 0 Å². The molecule has 1 amide bonds. The molecule has 1 aliphatic carbocycles. The summed E-state index contributed by atoms with van der Waals surface area (Å²) in [5, 5.41) is 7.44. The molecule has 1 aromatic heterocycles. The predicted molar refractivity (Wildman–Crippen MR) is 107 cm³/mol. The molecule has 6 heteroatoms. The Hall–Kier alpha value is -3.15. The predicted octanol–water partition coefficient (Wildman–Crippen LogP) is 3.85. The number of hydrogen-bond acceptors (Lipinski definition) is 4. The first-order chi connectivity index (χ1) is 13.7. The fourth-order valence-corrected chi connectivity index (χ4v) is 3.45. The van der Waals surface area contributed by atoms with E-state index in [0.717, 1.165) is 42.1 Å². The Morgan fingerprint density at radius 1 is 1.21 bits per heavy atom. The van der Waals surface area contributed by atoms with Crippen LogP contribution in [-0.2, 0) is 6.54 Å². The summed E-state index contributed by atoms with van der Waals surface area (Å²) in [5.74, 6) is 1.97. The van der Waals surface area contributed by atoms with Crippen molar-refractivity contribution in [3.63, 3.8) is 0 Å². The summed E-state index contributed by atoms with van der Waals surface area (Å²) in [5.41, 5.74) is 2.62. The number of carbonyl (C=O) groups is 1. The van der Waals surface area contributed by atoms with Gasteiger partial charge in [-0.15, -0.1) is 0 Å². The van der Waals surface area contributed by atoms with Gasteiger partial charge in [0, 0.05) is 12.1 Å². The Labute approximate surface area is 164 Å². The third-order valence-electron chi connectivity index (χ3n) is 5.13. The largest absolute Gasteiger partial charge is 0.497 e. The molecule has 0 bridgehead atoms. The Balaban J connectivity index is 1.57. The summed E-state index contributed by atoms with van der Waals surface area (Å²) < 4.78 is 7.17. The first-order valence-electron chi connectivity index (χ1n) is 9.62. The lowest BCUT2D eigenvalue weighted by Gasteiger charge is -2.18. The molecule has 1 atom stereocenters. The second-order valence-corrected chi connectivity index (χ2v) is 7.04. The average Bonchev–Trinajstić information content (AvgIpc) is 3.48. The molecular weight excluding hydrogens is 352 g/mol. The minimum Gasteiger partial charge on any atom is -0.497 e. The van der Waals surface area contributed by atoms with Gasteiger partial charge in [-0.1, -0.05) is 24.3 Å². The molecule has 2 aromatic carbocycles. The number of nitrogens with one attached hydrogen (secondary N) is 1. The Morgan fingerprint density at radius 2 is 1.96 bits per heavy atom. The highest BCUT2D eigenvalue weighted by molar-refractivity contribution is 5.95. The molecule has 0 aliphatic heterocycles. The summed E-state index contributed by atoms with van der Waals surface area (Å²) in [6, 6.07) is 15.4. The lowest BCUT2D eigenvalue weighted by atomic mass is 10.0. The van der Waals surface area contributed by atoms with Crippen molar-refractivity contribution in [2.24, 2.45) is 5.92 Å². The van der Waals surface area contributed by atoms with Crippen LogP contribution in [0.15, 0.2) is 54.9 Å². The summed E-state index contributed by atoms with van der Waals surface area (Å²) >= 11 is 0. The van der Waals surface area contributed by atoms with E-state index in [9.17, 15) is 4.79 Å². The normalized spacial score (nSPS) is 14.5. The molecule has 3 aromatic rings. The molecule has 0 spiro atoms. The van der Waals surface area contributed by atoms with Gasteiger partial charge < -0.3 is 10.1 Å². The SMILES string of the molecule is CCn1ncnc1[C@H](NC(=O)c1cccc(-c2cccc(OC)c2)c1)C1CC1. The van der Waals surface area contributed by atoms with Crippen molar-refractivity contribution < 1.29 is 9.53 Å². The van der Waals surface area contributed by atoms with Crippen LogP contribution in [-0.4, -0.2) is 27.8 Å². The maximum absolute atomic E-state index is 13.0. The number of benzene rings is 2. The number of amides is 1. The standard InChI is InChI=1S/C22H24N4O2/c1-3-26-21(23-14-24-26)20(15-10-11-15)25-22(27)18-8-4-6-16(12-18)17-7-5-9-19(13-17)28-2/h4-9,12-15,20H,3,10-11H2,1-2H3,(H,25,27)/t20-/m1/s1. The van der Waals surface area contributed by atoms with Gasteiger partial charge in [0.15, 0.2) is 0 Å². The molecule has 1 heterocycles. The van der Waals surface area contributed by atoms with Crippen molar-refractivity contribution in [1.29, 1.82) is 0 Å². The molecule has 4 rings (SSSR count). The number of aryl methyl sites for hydroxylation is 1. The summed E-state index contributed by atoms with van der Waals surface area (Å²) in [7, 11) is 1.65. The third-order valence-corrected chi connectivity index (χ3v) is 5.13. The van der Waals surface area contributed by atoms with Gasteiger partial charge in [0.2, 0.25) is 0 Å². The molecule has 1 aliphatic rings. The van der Waals surface area contributed by atoms with E-state index in [-0.39, 0.29) is 11.9 Å². The monoisotopic (exact) mass is 376 g/mol. The van der Waals surface area contributed by atoms with Gasteiger partial charge in [0.05, 0.1) is 13.2 Å². The van der Waals surface area contributed by atoms with Crippen LogP contribution in [0.4, 0.5) is 0 Å². The fourth-order valence-electron chi connectivity index (χ4n) is 3.45. The van der Waals surface area contributed by atoms with Crippen LogP contribution in [0.25, 0.3) is 11.1 Å². The first-order valence-corrected chi connectivity index (χ1v) is 9.62. The Morgan fingerprint density at radius 3 is 2.68 bits per heavy atom. The van der Waals surface area contributed by atoms with Gasteiger partial charge in [0.25, 0.3) is 5.91 Å². The minimum atomic E-state index is -0.101. The zero-order valence-electron chi connectivity index (χ0n) is 16.1. The zero-order valence-corrected chi connectivity index (χ0v) is 16.1. The van der Waals surface area contributed by atoms with Crippen LogP contribution >= 0.6 is 0 Å². The van der Waals surface area contributed by atoms with Crippen LogP contribution < -0.4 is 10.1 Å². The lowest BCUT2D eigenvalue weighted by Crippen LogP contribution is -2.32. The molecule has 0 unspecified atom stereocenters. The van der Waals surface area contributed by atoms with Crippen LogP contribution in [0.5, 0.6) is 5.75 Å². The Kier molecular flexibility index (Phi) is 5.10. The minimum absolute atomic E-state index is 0.0905. The summed E-state index contributed by atoms with van der Waals surface area (Å²) in [6.45, 7) is 2.77. The highest BCUT2D eigenvalue weighted by Crippen LogP contribution is 2.40. The smallest absolute Gasteiger partial charge is 0.251 e. The van der Waals surface area contributed by atoms with E-state index < -0.39 is 0 Å². The second kappa shape index (κ2) is 7.84. The number of carbonyl (C=O) groups excluding carboxylic acids is 1. The van der Waals surface area contributed by atoms with E-state index in [1.165, 1.54) is 0 Å². The molecule has 6 nitrogen and oxygen atoms in total. The molecule has 0 saturated heterocycles. The lowest BCUT2D eigenvalue weighted by molar-refractivity contribution is 0.0928. The number of hydrogen-bond donors (Lipinski definition) is 1. The number of nitrogens with zero attached hydrogens (tertiary/aromatic N) is 3. The van der Waals surface area contributed by atoms with E-state index in [2.05, 4.69) is 15.4 Å². The molecule has 1 saturated carbocycles. The highest BCUT2D eigenvalue weighted by atomic mass is 16.5. The third kappa shape index (κ3) is 3.76. The van der Waals surface area contributed by atoms with Crippen molar-refractivity contribution in [3.05, 3.63) is 66.2 Å². The van der Waals surface area contributed by atoms with Crippen molar-refractivity contribution >= 4 is 5.91 Å². The van der Waals surface area contributed by atoms with E-state index >= 15 is 0 Å². The van der Waals surface area contributed by atoms with Crippen LogP contribution in [0.2, 0.25) is 0 Å². The molecule has 1 N–H and O–H groups in total. The van der Waals surface area contributed by atoms with Gasteiger partial charge in [0.1, 0.15) is 17.9 Å². The second-order valence-electron chi connectivity index (χ2n) is 7.04. The molecule has 144 valence electrons. The zero-order chi connectivity index (χ0) is 19.5. The molecule has 1 fully saturated rings. The maximum atomic E-state index is 13.0. The van der Waals surface area contributed by atoms with E-state index in [0.29, 0.717) is 11.5 Å². The topological polar surface area (TPSA) is 69.0 Å². The molecule has 0 radical (unpaired) electrons. The van der Waals surface area contributed by atoms with Gasteiger partial charge in [-0.05, 0) is 61.1 Å². The summed E-state index contributed by atoms with van der Waals surface area (Å²) in [6.07, 6.45) is 3.76. The van der Waals surface area contributed by atoms with Crippen molar-refractivity contribution in [2.45, 2.75) is 32.4 Å². The highest BCUT2D eigenvalue weighted by Gasteiger charge is 2.36. The number of methoxy groups -OCH3 is 1. The van der Waals surface area contributed by atoms with E-state index in [1.54, 1.807) is 13.4 Å². The van der Waals surface area contributed by atoms with Crippen molar-refractivity contribution in [2.75, 3.05) is 7.11 Å². The van der Waals surface area contributed by atoms with Crippen LogP contribution in [0.3, 0.4) is 0 Å². The fraction of sp³-hybridized carbons (Fsp3) is 0.318. The summed E-state index contributed by atoms with van der Waals surface area (Å²) in [4.78, 5) is 17.4. The van der Waals surface area contributed by atoms with Gasteiger partial charge in [-0.2, -0.15) is 5.10 Å². The van der Waals surface area contributed by atoms with Gasteiger partial charge in [-0.25, -0.2) is 9.67 Å². The van der Waals surface area contributed by atoms with Crippen LogP contribution in [0, 0.1) is 5.92 Å².